The van der Waals surface area contributed by atoms with Gasteiger partial charge in [-0.1, -0.05) is 38.5 Å². The van der Waals surface area contributed by atoms with Gasteiger partial charge in [0.05, 0.1) is 0 Å². The molecule has 0 unspecified atom stereocenters. The highest BCUT2D eigenvalue weighted by molar-refractivity contribution is 6.76. The molecule has 1 N–H and O–H groups in total. The molecule has 0 spiro atoms. The first-order valence-corrected chi connectivity index (χ1v) is 7.88. The summed E-state index contributed by atoms with van der Waals surface area (Å²) >= 11 is 0. The maximum atomic E-state index is 8.51. The monoisotopic (exact) mass is 160 g/mol. The molecule has 0 aromatic rings. The van der Waals surface area contributed by atoms with Gasteiger partial charge in [0.25, 0.3) is 0 Å². The Labute approximate surface area is 65.5 Å². The second-order valence-corrected chi connectivity index (χ2v) is 9.72. The second-order valence-electron chi connectivity index (χ2n) is 4.09. The Kier molecular flexibility index (Phi) is 5.00. The fourth-order valence-electron chi connectivity index (χ4n) is 0.944. The van der Waals surface area contributed by atoms with Gasteiger partial charge in [0, 0.05) is 14.7 Å². The molecule has 1 nitrogen and oxygen atoms in total. The van der Waals surface area contributed by atoms with Crippen molar-refractivity contribution in [2.45, 2.75) is 44.9 Å². The van der Waals surface area contributed by atoms with Gasteiger partial charge in [0.2, 0.25) is 0 Å². The maximum absolute atomic E-state index is 8.51. The van der Waals surface area contributed by atoms with E-state index in [-0.39, 0.29) is 0 Å². The zero-order valence-electron chi connectivity index (χ0n) is 7.48. The fraction of sp³-hybridized carbons (Fsp3) is 1.00. The first-order valence-electron chi connectivity index (χ1n) is 4.17. The molecular weight excluding hydrogens is 140 g/mol. The van der Waals surface area contributed by atoms with E-state index in [0.29, 0.717) is 6.61 Å². The molecule has 0 radical (unpaired) electrons. The molecule has 0 saturated heterocycles. The highest BCUT2D eigenvalue weighted by atomic mass is 28.3. The number of rotatable bonds is 5. The molecule has 10 heavy (non-hydrogen) atoms. The maximum Gasteiger partial charge on any atom is 0.0442 e. The number of aliphatic hydroxyl groups excluding tert-OH is 1. The van der Waals surface area contributed by atoms with Gasteiger partial charge in [0.15, 0.2) is 0 Å². The minimum absolute atomic E-state index is 0.367. The lowest BCUT2D eigenvalue weighted by atomic mass is 10.3. The van der Waals surface area contributed by atoms with E-state index in [2.05, 4.69) is 19.6 Å². The Bertz CT molecular complexity index is 75.8. The first-order chi connectivity index (χ1) is 4.56. The van der Waals surface area contributed by atoms with Crippen molar-refractivity contribution in [3.63, 3.8) is 0 Å². The summed E-state index contributed by atoms with van der Waals surface area (Å²) in [5.74, 6) is 0. The Morgan fingerprint density at radius 1 is 1.00 bits per heavy atom. The summed E-state index contributed by atoms with van der Waals surface area (Å²) in [6.45, 7) is 7.55. The van der Waals surface area contributed by atoms with Crippen molar-refractivity contribution in [3.05, 3.63) is 0 Å². The third kappa shape index (κ3) is 8.18. The Balaban J connectivity index is 3.04. The van der Waals surface area contributed by atoms with Crippen LogP contribution < -0.4 is 0 Å². The predicted octanol–water partition coefficient (Wildman–Crippen LogP) is 2.49. The highest BCUT2D eigenvalue weighted by Gasteiger charge is 2.10. The lowest BCUT2D eigenvalue weighted by molar-refractivity contribution is 0.284. The van der Waals surface area contributed by atoms with E-state index in [1.54, 1.807) is 0 Å². The van der Waals surface area contributed by atoms with Crippen LogP contribution in [0.4, 0.5) is 0 Å². The quantitative estimate of drug-likeness (QED) is 0.484. The minimum atomic E-state index is -0.789. The van der Waals surface area contributed by atoms with Gasteiger partial charge in [-0.15, -0.1) is 0 Å². The topological polar surface area (TPSA) is 20.2 Å². The molecule has 0 saturated carbocycles. The van der Waals surface area contributed by atoms with Gasteiger partial charge in [-0.2, -0.15) is 0 Å². The molecule has 0 amide bonds. The van der Waals surface area contributed by atoms with Crippen molar-refractivity contribution in [2.24, 2.45) is 0 Å². The third-order valence-corrected chi connectivity index (χ3v) is 3.44. The van der Waals surface area contributed by atoms with E-state index >= 15 is 0 Å². The number of hydrogen-bond donors (Lipinski definition) is 1. The average molecular weight is 160 g/mol. The smallest absolute Gasteiger partial charge is 0.0442 e. The number of hydrogen-bond acceptors (Lipinski definition) is 1. The SMILES string of the molecule is C[Si](C)(C)CCCCCO. The van der Waals surface area contributed by atoms with Crippen molar-refractivity contribution in [2.75, 3.05) is 6.61 Å². The predicted molar refractivity (Wildman–Crippen MR) is 49.1 cm³/mol. The summed E-state index contributed by atoms with van der Waals surface area (Å²) in [6, 6.07) is 1.41. The standard InChI is InChI=1S/C8H20OSi/c1-10(2,3)8-6-4-5-7-9/h9H,4-8H2,1-3H3. The van der Waals surface area contributed by atoms with Crippen LogP contribution in [0.5, 0.6) is 0 Å². The lowest BCUT2D eigenvalue weighted by Crippen LogP contribution is -2.18. The van der Waals surface area contributed by atoms with E-state index in [1.165, 1.54) is 18.9 Å². The van der Waals surface area contributed by atoms with Crippen LogP contribution in [-0.2, 0) is 0 Å². The van der Waals surface area contributed by atoms with Crippen LogP contribution in [0.2, 0.25) is 25.7 Å². The van der Waals surface area contributed by atoms with Gasteiger partial charge in [-0.05, 0) is 6.42 Å². The van der Waals surface area contributed by atoms with Crippen LogP contribution >= 0.6 is 0 Å². The molecule has 0 aliphatic carbocycles. The van der Waals surface area contributed by atoms with Crippen molar-refractivity contribution in [1.82, 2.24) is 0 Å². The minimum Gasteiger partial charge on any atom is -0.396 e. The van der Waals surface area contributed by atoms with Gasteiger partial charge in [-0.3, -0.25) is 0 Å². The average Bonchev–Trinajstić information content (AvgIpc) is 1.78. The van der Waals surface area contributed by atoms with Crippen molar-refractivity contribution in [3.8, 4) is 0 Å². The summed E-state index contributed by atoms with van der Waals surface area (Å²) in [7, 11) is -0.789. The van der Waals surface area contributed by atoms with E-state index in [0.717, 1.165) is 6.42 Å². The molecule has 0 fully saturated rings. The molecular formula is C8H20OSi. The van der Waals surface area contributed by atoms with Gasteiger partial charge < -0.3 is 5.11 Å². The number of aliphatic hydroxyl groups is 1. The third-order valence-electron chi connectivity index (χ3n) is 1.58. The Morgan fingerprint density at radius 2 is 1.60 bits per heavy atom. The largest absolute Gasteiger partial charge is 0.396 e. The second kappa shape index (κ2) is 4.91. The van der Waals surface area contributed by atoms with Gasteiger partial charge >= 0.3 is 0 Å². The molecule has 0 rings (SSSR count). The molecule has 62 valence electrons. The summed E-state index contributed by atoms with van der Waals surface area (Å²) in [6.07, 6.45) is 3.52. The molecule has 0 aromatic carbocycles. The first kappa shape index (κ1) is 10.2. The zero-order valence-corrected chi connectivity index (χ0v) is 8.48. The van der Waals surface area contributed by atoms with Gasteiger partial charge in [0.1, 0.15) is 0 Å². The van der Waals surface area contributed by atoms with Crippen LogP contribution in [0.25, 0.3) is 0 Å². The summed E-state index contributed by atoms with van der Waals surface area (Å²) in [5, 5.41) is 8.51. The molecule has 0 aromatic heterocycles. The van der Waals surface area contributed by atoms with E-state index in [9.17, 15) is 0 Å². The van der Waals surface area contributed by atoms with Crippen molar-refractivity contribution in [1.29, 1.82) is 0 Å². The van der Waals surface area contributed by atoms with Crippen molar-refractivity contribution >= 4 is 8.07 Å². The molecule has 0 heterocycles. The van der Waals surface area contributed by atoms with Crippen LogP contribution in [0.1, 0.15) is 19.3 Å². The molecule has 0 atom stereocenters. The van der Waals surface area contributed by atoms with E-state index in [1.807, 2.05) is 0 Å². The van der Waals surface area contributed by atoms with E-state index < -0.39 is 8.07 Å². The number of unbranched alkanes of at least 4 members (excludes halogenated alkanes) is 2. The van der Waals surface area contributed by atoms with Crippen molar-refractivity contribution < 1.29 is 5.11 Å². The van der Waals surface area contributed by atoms with Gasteiger partial charge in [-0.25, -0.2) is 0 Å². The fourth-order valence-corrected chi connectivity index (χ4v) is 2.25. The molecule has 2 heteroatoms. The summed E-state index contributed by atoms with van der Waals surface area (Å²) in [4.78, 5) is 0. The van der Waals surface area contributed by atoms with Crippen LogP contribution in [0.15, 0.2) is 0 Å². The molecule has 0 aliphatic rings. The highest BCUT2D eigenvalue weighted by Crippen LogP contribution is 2.13. The lowest BCUT2D eigenvalue weighted by Gasteiger charge is -2.14. The Hall–Kier alpha value is 0.177. The molecule has 0 bridgehead atoms. The molecule has 0 aliphatic heterocycles. The zero-order chi connectivity index (χ0) is 8.04. The Morgan fingerprint density at radius 3 is 2.00 bits per heavy atom. The summed E-state index contributed by atoms with van der Waals surface area (Å²) in [5.41, 5.74) is 0. The normalized spacial score (nSPS) is 12.0. The van der Waals surface area contributed by atoms with Crippen LogP contribution in [0, 0.1) is 0 Å². The van der Waals surface area contributed by atoms with Crippen LogP contribution in [0.3, 0.4) is 0 Å². The summed E-state index contributed by atoms with van der Waals surface area (Å²) < 4.78 is 0. The van der Waals surface area contributed by atoms with Crippen LogP contribution in [-0.4, -0.2) is 19.8 Å². The van der Waals surface area contributed by atoms with E-state index in [4.69, 9.17) is 5.11 Å².